The highest BCUT2D eigenvalue weighted by molar-refractivity contribution is 7.93. The van der Waals surface area contributed by atoms with Crippen LogP contribution in [0.1, 0.15) is 30.1 Å². The summed E-state index contributed by atoms with van der Waals surface area (Å²) in [6, 6.07) is 15.3. The summed E-state index contributed by atoms with van der Waals surface area (Å²) in [5, 5.41) is 0.750. The van der Waals surface area contributed by atoms with Crippen LogP contribution in [0.3, 0.4) is 0 Å². The van der Waals surface area contributed by atoms with Crippen LogP contribution in [-0.4, -0.2) is 68.1 Å². The zero-order valence-corrected chi connectivity index (χ0v) is 20.6. The minimum absolute atomic E-state index is 0.0521. The van der Waals surface area contributed by atoms with Gasteiger partial charge < -0.3 is 9.64 Å². The van der Waals surface area contributed by atoms with Gasteiger partial charge in [0.05, 0.1) is 18.9 Å². The Morgan fingerprint density at radius 3 is 2.60 bits per heavy atom. The molecule has 1 aliphatic heterocycles. The molecule has 1 N–H and O–H groups in total. The number of hydrogen-bond acceptors (Lipinski definition) is 6. The van der Waals surface area contributed by atoms with Crippen LogP contribution in [0.4, 0.5) is 5.69 Å². The number of ether oxygens (including phenoxy) is 1. The maximum atomic E-state index is 13.1. The van der Waals surface area contributed by atoms with Crippen molar-refractivity contribution in [2.24, 2.45) is 5.92 Å². The van der Waals surface area contributed by atoms with Gasteiger partial charge in [-0.05, 0) is 62.1 Å². The lowest BCUT2D eigenvalue weighted by molar-refractivity contribution is -0.0138. The molecule has 1 aliphatic carbocycles. The third-order valence-electron chi connectivity index (χ3n) is 6.57. The van der Waals surface area contributed by atoms with Gasteiger partial charge in [-0.3, -0.25) is 19.4 Å². The number of anilines is 1. The Bertz CT molecular complexity index is 1300. The number of carbonyl (C=O) groups excluding carboxylic acids is 1. The van der Waals surface area contributed by atoms with Crippen LogP contribution in [0.2, 0.25) is 0 Å². The van der Waals surface area contributed by atoms with E-state index in [-0.39, 0.29) is 16.8 Å². The fraction of sp³-hybridized carbons (Fsp3) is 0.385. The Labute approximate surface area is 205 Å². The van der Waals surface area contributed by atoms with Gasteiger partial charge in [-0.2, -0.15) is 0 Å². The molecule has 2 fully saturated rings. The van der Waals surface area contributed by atoms with Crippen LogP contribution in [-0.2, 0) is 14.8 Å². The van der Waals surface area contributed by atoms with E-state index in [4.69, 9.17) is 4.74 Å². The monoisotopic (exact) mass is 494 g/mol. The molecule has 1 saturated carbocycles. The molecule has 0 radical (unpaired) electrons. The third kappa shape index (κ3) is 5.47. The summed E-state index contributed by atoms with van der Waals surface area (Å²) in [6.07, 6.45) is 4.13. The van der Waals surface area contributed by atoms with Gasteiger partial charge in [0.1, 0.15) is 4.90 Å². The minimum atomic E-state index is -3.84. The second-order valence-corrected chi connectivity index (χ2v) is 11.0. The number of fused-ring (bicyclic) bond motifs is 1. The Kier molecular flexibility index (Phi) is 6.73. The van der Waals surface area contributed by atoms with Crippen LogP contribution >= 0.6 is 0 Å². The normalized spacial score (nSPS) is 19.1. The number of hydrogen-bond donors (Lipinski definition) is 1. The first kappa shape index (κ1) is 23.7. The quantitative estimate of drug-likeness (QED) is 0.515. The molecule has 0 bridgehead atoms. The maximum absolute atomic E-state index is 13.1. The van der Waals surface area contributed by atoms with Crippen LogP contribution in [0.25, 0.3) is 10.9 Å². The first-order valence-corrected chi connectivity index (χ1v) is 13.5. The van der Waals surface area contributed by atoms with E-state index in [9.17, 15) is 13.2 Å². The summed E-state index contributed by atoms with van der Waals surface area (Å²) in [5.74, 6) is 0.690. The minimum Gasteiger partial charge on any atom is -0.366 e. The van der Waals surface area contributed by atoms with Gasteiger partial charge in [0.2, 0.25) is 0 Å². The van der Waals surface area contributed by atoms with Crippen molar-refractivity contribution in [3.63, 3.8) is 0 Å². The number of rotatable bonds is 8. The molecule has 1 amide bonds. The highest BCUT2D eigenvalue weighted by atomic mass is 32.2. The third-order valence-corrected chi connectivity index (χ3v) is 7.98. The zero-order valence-electron chi connectivity index (χ0n) is 19.8. The average Bonchev–Trinajstić information content (AvgIpc) is 3.68. The number of aromatic nitrogens is 1. The van der Waals surface area contributed by atoms with E-state index < -0.39 is 10.0 Å². The van der Waals surface area contributed by atoms with Gasteiger partial charge in [-0.15, -0.1) is 0 Å². The molecular formula is C26H30N4O4S. The van der Waals surface area contributed by atoms with Crippen LogP contribution < -0.4 is 4.72 Å². The van der Waals surface area contributed by atoms with Crippen molar-refractivity contribution in [3.05, 3.63) is 66.4 Å². The number of nitrogens with one attached hydrogen (secondary N) is 1. The molecule has 184 valence electrons. The van der Waals surface area contributed by atoms with E-state index in [1.165, 1.54) is 18.9 Å². The van der Waals surface area contributed by atoms with Crippen molar-refractivity contribution in [1.82, 2.24) is 14.8 Å². The lowest BCUT2D eigenvalue weighted by Crippen LogP contribution is -2.54. The highest BCUT2D eigenvalue weighted by Crippen LogP contribution is 2.29. The first-order chi connectivity index (χ1) is 16.9. The molecule has 1 atom stereocenters. The summed E-state index contributed by atoms with van der Waals surface area (Å²) in [4.78, 5) is 21.6. The molecule has 8 nitrogen and oxygen atoms in total. The first-order valence-electron chi connectivity index (χ1n) is 12.0. The average molecular weight is 495 g/mol. The number of nitrogens with zero attached hydrogens (tertiary/aromatic N) is 3. The molecule has 1 aromatic heterocycles. The van der Waals surface area contributed by atoms with Crippen molar-refractivity contribution in [1.29, 1.82) is 0 Å². The van der Waals surface area contributed by atoms with Crippen LogP contribution in [0.5, 0.6) is 0 Å². The number of piperazine rings is 1. The zero-order chi connectivity index (χ0) is 24.4. The number of benzene rings is 2. The number of para-hydroxylation sites is 1. The van der Waals surface area contributed by atoms with Crippen molar-refractivity contribution < 1.29 is 17.9 Å². The molecule has 2 heterocycles. The van der Waals surface area contributed by atoms with Gasteiger partial charge in [0.15, 0.2) is 0 Å². The van der Waals surface area contributed by atoms with E-state index >= 15 is 0 Å². The molecule has 1 saturated heterocycles. The Morgan fingerprint density at radius 1 is 1.09 bits per heavy atom. The standard InChI is InChI=1S/C26H30N4O4S/c1-19-16-29(18-34-17-20-7-8-20)14-15-30(19)26(31)22-9-11-23(12-10-22)28-35(32,33)24-6-2-4-21-5-3-13-27-25(21)24/h2-6,9-13,19-20,28H,7-8,14-18H2,1H3. The van der Waals surface area contributed by atoms with Gasteiger partial charge in [0, 0.05) is 48.5 Å². The molecule has 2 aromatic carbocycles. The Morgan fingerprint density at radius 2 is 1.86 bits per heavy atom. The molecule has 9 heteroatoms. The Balaban J connectivity index is 1.22. The smallest absolute Gasteiger partial charge is 0.264 e. The SMILES string of the molecule is CC1CN(COCC2CC2)CCN1C(=O)c1ccc(NS(=O)(=O)c2cccc3cccnc23)cc1. The maximum Gasteiger partial charge on any atom is 0.264 e. The number of carbonyl (C=O) groups is 1. The van der Waals surface area contributed by atoms with E-state index in [0.29, 0.717) is 30.0 Å². The second kappa shape index (κ2) is 9.93. The van der Waals surface area contributed by atoms with Gasteiger partial charge in [-0.25, -0.2) is 8.42 Å². The molecule has 0 spiro atoms. The fourth-order valence-corrected chi connectivity index (χ4v) is 5.67. The van der Waals surface area contributed by atoms with Crippen molar-refractivity contribution in [2.45, 2.75) is 30.7 Å². The molecule has 3 aromatic rings. The van der Waals surface area contributed by atoms with E-state index in [0.717, 1.165) is 31.0 Å². The van der Waals surface area contributed by atoms with Crippen LogP contribution in [0.15, 0.2) is 65.7 Å². The van der Waals surface area contributed by atoms with Crippen molar-refractivity contribution >= 4 is 32.5 Å². The summed E-state index contributed by atoms with van der Waals surface area (Å²) >= 11 is 0. The van der Waals surface area contributed by atoms with Crippen molar-refractivity contribution in [2.75, 3.05) is 37.7 Å². The molecule has 35 heavy (non-hydrogen) atoms. The summed E-state index contributed by atoms with van der Waals surface area (Å²) in [6.45, 7) is 5.68. The highest BCUT2D eigenvalue weighted by Gasteiger charge is 2.29. The molecule has 5 rings (SSSR count). The lowest BCUT2D eigenvalue weighted by Gasteiger charge is -2.39. The summed E-state index contributed by atoms with van der Waals surface area (Å²) in [7, 11) is -3.84. The molecular weight excluding hydrogens is 464 g/mol. The fourth-order valence-electron chi connectivity index (χ4n) is 4.43. The van der Waals surface area contributed by atoms with E-state index in [2.05, 4.69) is 14.6 Å². The summed E-state index contributed by atoms with van der Waals surface area (Å²) < 4.78 is 34.5. The van der Waals surface area contributed by atoms with Gasteiger partial charge in [-0.1, -0.05) is 18.2 Å². The van der Waals surface area contributed by atoms with E-state index in [1.807, 2.05) is 24.0 Å². The van der Waals surface area contributed by atoms with Gasteiger partial charge in [0.25, 0.3) is 15.9 Å². The topological polar surface area (TPSA) is 91.8 Å². The number of sulfonamides is 1. The molecule has 2 aliphatic rings. The van der Waals surface area contributed by atoms with Crippen LogP contribution in [0, 0.1) is 5.92 Å². The van der Waals surface area contributed by atoms with E-state index in [1.54, 1.807) is 42.6 Å². The van der Waals surface area contributed by atoms with Crippen molar-refractivity contribution in [3.8, 4) is 0 Å². The summed E-state index contributed by atoms with van der Waals surface area (Å²) in [5.41, 5.74) is 1.34. The largest absolute Gasteiger partial charge is 0.366 e. The van der Waals surface area contributed by atoms with Gasteiger partial charge >= 0.3 is 0 Å². The predicted octanol–water partition coefficient (Wildman–Crippen LogP) is 3.57. The molecule has 1 unspecified atom stereocenters. The predicted molar refractivity (Wildman–Crippen MR) is 135 cm³/mol. The number of pyridine rings is 1. The number of amides is 1. The Hall–Kier alpha value is -3.01. The second-order valence-electron chi connectivity index (χ2n) is 9.38. The lowest BCUT2D eigenvalue weighted by atomic mass is 10.1.